The number of piperidine rings is 1. The fraction of sp³-hybridized carbons (Fsp3) is 0.600. The molecular formula is C20H25N5O2S. The smallest absolute Gasteiger partial charge is 0.341 e. The summed E-state index contributed by atoms with van der Waals surface area (Å²) in [6.07, 6.45) is 7.16. The topological polar surface area (TPSA) is 72.5 Å². The van der Waals surface area contributed by atoms with Crippen LogP contribution < -0.4 is 5.69 Å². The van der Waals surface area contributed by atoms with Gasteiger partial charge in [-0.2, -0.15) is 0 Å². The van der Waals surface area contributed by atoms with Crippen LogP contribution in [0.1, 0.15) is 43.6 Å². The number of carbonyl (C=O) groups is 1. The van der Waals surface area contributed by atoms with Crippen molar-refractivity contribution in [1.82, 2.24) is 24.1 Å². The predicted molar refractivity (Wildman–Crippen MR) is 109 cm³/mol. The quantitative estimate of drug-likeness (QED) is 0.664. The summed E-state index contributed by atoms with van der Waals surface area (Å²) in [4.78, 5) is 34.4. The molecule has 7 nitrogen and oxygen atoms in total. The van der Waals surface area contributed by atoms with Gasteiger partial charge in [-0.25, -0.2) is 18.9 Å². The highest BCUT2D eigenvalue weighted by atomic mass is 32.1. The summed E-state index contributed by atoms with van der Waals surface area (Å²) < 4.78 is 2.81. The molecule has 148 valence electrons. The second kappa shape index (κ2) is 6.69. The molecule has 0 unspecified atom stereocenters. The predicted octanol–water partition coefficient (Wildman–Crippen LogP) is 2.49. The zero-order chi connectivity index (χ0) is 19.4. The van der Waals surface area contributed by atoms with E-state index in [0.717, 1.165) is 49.0 Å². The summed E-state index contributed by atoms with van der Waals surface area (Å²) in [7, 11) is 0. The van der Waals surface area contributed by atoms with Gasteiger partial charge in [-0.05, 0) is 49.5 Å². The van der Waals surface area contributed by atoms with Crippen LogP contribution in [-0.2, 0) is 24.2 Å². The number of hydrogen-bond acceptors (Lipinski definition) is 5. The van der Waals surface area contributed by atoms with Gasteiger partial charge in [0.15, 0.2) is 5.65 Å². The van der Waals surface area contributed by atoms with E-state index in [-0.39, 0.29) is 18.1 Å². The Morgan fingerprint density at radius 3 is 2.75 bits per heavy atom. The zero-order valence-corrected chi connectivity index (χ0v) is 17.2. The molecule has 2 aliphatic rings. The molecule has 1 aliphatic carbocycles. The van der Waals surface area contributed by atoms with E-state index in [9.17, 15) is 9.59 Å². The first-order valence-corrected chi connectivity index (χ1v) is 11.0. The molecule has 0 aromatic carbocycles. The largest absolute Gasteiger partial charge is 0.352 e. The first kappa shape index (κ1) is 17.8. The van der Waals surface area contributed by atoms with Crippen molar-refractivity contribution in [2.75, 3.05) is 13.1 Å². The maximum Gasteiger partial charge on any atom is 0.352 e. The van der Waals surface area contributed by atoms with E-state index in [2.05, 4.69) is 23.9 Å². The molecule has 2 atom stereocenters. The minimum Gasteiger partial charge on any atom is -0.341 e. The normalized spacial score (nSPS) is 22.7. The highest BCUT2D eigenvalue weighted by molar-refractivity contribution is 7.19. The minimum atomic E-state index is -0.286. The number of aryl methyl sites for hydroxylation is 2. The molecule has 0 N–H and O–H groups in total. The molecule has 1 amide bonds. The third-order valence-corrected chi connectivity index (χ3v) is 7.24. The monoisotopic (exact) mass is 399 g/mol. The van der Waals surface area contributed by atoms with Gasteiger partial charge in [-0.15, -0.1) is 16.4 Å². The fourth-order valence-electron chi connectivity index (χ4n) is 4.88. The van der Waals surface area contributed by atoms with Crippen molar-refractivity contribution in [3.05, 3.63) is 27.3 Å². The fourth-order valence-corrected chi connectivity index (χ4v) is 6.10. The van der Waals surface area contributed by atoms with Crippen LogP contribution in [0.25, 0.3) is 15.9 Å². The Morgan fingerprint density at radius 2 is 1.96 bits per heavy atom. The highest BCUT2D eigenvalue weighted by Gasteiger charge is 2.27. The minimum absolute atomic E-state index is 0.00618. The SMILES string of the molecule is C[C@H]1C[C@H](C)CN(C(=O)Cn2nc3c4c5c(sc4ncn3c2=O)CCCC5)C1. The van der Waals surface area contributed by atoms with Crippen molar-refractivity contribution in [2.24, 2.45) is 11.8 Å². The number of hydrogen-bond donors (Lipinski definition) is 0. The lowest BCUT2D eigenvalue weighted by Crippen LogP contribution is -2.45. The van der Waals surface area contributed by atoms with Crippen molar-refractivity contribution in [3.8, 4) is 0 Å². The lowest BCUT2D eigenvalue weighted by atomic mass is 9.92. The first-order chi connectivity index (χ1) is 13.5. The molecule has 0 saturated carbocycles. The van der Waals surface area contributed by atoms with Crippen LogP contribution in [0.2, 0.25) is 0 Å². The summed E-state index contributed by atoms with van der Waals surface area (Å²) in [6.45, 7) is 5.86. The summed E-state index contributed by atoms with van der Waals surface area (Å²) in [5, 5.41) is 5.59. The Balaban J connectivity index is 1.53. The zero-order valence-electron chi connectivity index (χ0n) is 16.3. The van der Waals surface area contributed by atoms with E-state index in [1.807, 2.05) is 4.90 Å². The lowest BCUT2D eigenvalue weighted by molar-refractivity contribution is -0.134. The maximum atomic E-state index is 12.9. The van der Waals surface area contributed by atoms with Gasteiger partial charge in [0.25, 0.3) is 0 Å². The van der Waals surface area contributed by atoms with Gasteiger partial charge in [-0.1, -0.05) is 13.8 Å². The van der Waals surface area contributed by atoms with Crippen LogP contribution in [0.5, 0.6) is 0 Å². The molecule has 0 bridgehead atoms. The lowest BCUT2D eigenvalue weighted by Gasteiger charge is -2.34. The molecular weight excluding hydrogens is 374 g/mol. The van der Waals surface area contributed by atoms with Crippen LogP contribution in [-0.4, -0.2) is 43.1 Å². The second-order valence-corrected chi connectivity index (χ2v) is 9.60. The molecule has 1 aliphatic heterocycles. The third kappa shape index (κ3) is 2.85. The van der Waals surface area contributed by atoms with Gasteiger partial charge in [-0.3, -0.25) is 4.79 Å². The Kier molecular flexibility index (Phi) is 4.26. The van der Waals surface area contributed by atoms with Crippen molar-refractivity contribution in [2.45, 2.75) is 52.5 Å². The summed E-state index contributed by atoms with van der Waals surface area (Å²) >= 11 is 1.72. The van der Waals surface area contributed by atoms with Crippen molar-refractivity contribution in [1.29, 1.82) is 0 Å². The standard InChI is InChI=1S/C20H25N5O2S/c1-12-7-13(2)9-23(8-12)16(26)10-25-20(27)24-11-21-19-17(18(24)22-25)14-5-3-4-6-15(14)28-19/h11-13H,3-10H2,1-2H3/t12-,13-/m0/s1. The molecule has 0 radical (unpaired) electrons. The number of thiophene rings is 1. The average molecular weight is 400 g/mol. The van der Waals surface area contributed by atoms with Gasteiger partial charge in [0, 0.05) is 18.0 Å². The van der Waals surface area contributed by atoms with E-state index in [4.69, 9.17) is 0 Å². The van der Waals surface area contributed by atoms with Crippen LogP contribution >= 0.6 is 11.3 Å². The van der Waals surface area contributed by atoms with Gasteiger partial charge in [0.2, 0.25) is 5.91 Å². The molecule has 1 saturated heterocycles. The number of aromatic nitrogens is 4. The summed E-state index contributed by atoms with van der Waals surface area (Å²) in [6, 6.07) is 0. The first-order valence-electron chi connectivity index (χ1n) is 10.2. The molecule has 4 heterocycles. The number of rotatable bonds is 2. The Morgan fingerprint density at radius 1 is 1.21 bits per heavy atom. The van der Waals surface area contributed by atoms with Crippen LogP contribution in [0, 0.1) is 11.8 Å². The summed E-state index contributed by atoms with van der Waals surface area (Å²) in [5.74, 6) is 0.957. The van der Waals surface area contributed by atoms with E-state index < -0.39 is 0 Å². The molecule has 8 heteroatoms. The maximum absolute atomic E-state index is 12.9. The van der Waals surface area contributed by atoms with E-state index in [0.29, 0.717) is 17.5 Å². The van der Waals surface area contributed by atoms with Crippen molar-refractivity contribution in [3.63, 3.8) is 0 Å². The summed E-state index contributed by atoms with van der Waals surface area (Å²) in [5.41, 5.74) is 1.65. The Hall–Kier alpha value is -2.22. The number of nitrogens with zero attached hydrogens (tertiary/aromatic N) is 5. The van der Waals surface area contributed by atoms with Gasteiger partial charge in [0.1, 0.15) is 17.7 Å². The molecule has 0 spiro atoms. The molecule has 1 fully saturated rings. The number of carbonyl (C=O) groups excluding carboxylic acids is 1. The average Bonchev–Trinajstić information content (AvgIpc) is 3.19. The van der Waals surface area contributed by atoms with Crippen molar-refractivity contribution < 1.29 is 4.79 Å². The van der Waals surface area contributed by atoms with Crippen molar-refractivity contribution >= 4 is 33.1 Å². The third-order valence-electron chi connectivity index (χ3n) is 6.04. The van der Waals surface area contributed by atoms with Crippen LogP contribution in [0.15, 0.2) is 11.1 Å². The molecule has 28 heavy (non-hydrogen) atoms. The van der Waals surface area contributed by atoms with Gasteiger partial charge < -0.3 is 4.90 Å². The molecule has 5 rings (SSSR count). The van der Waals surface area contributed by atoms with E-state index in [1.54, 1.807) is 17.7 Å². The van der Waals surface area contributed by atoms with E-state index in [1.165, 1.54) is 25.9 Å². The van der Waals surface area contributed by atoms with Gasteiger partial charge >= 0.3 is 5.69 Å². The van der Waals surface area contributed by atoms with Crippen LogP contribution in [0.3, 0.4) is 0 Å². The molecule has 3 aromatic heterocycles. The Labute approximate surface area is 167 Å². The number of fused-ring (bicyclic) bond motifs is 5. The number of likely N-dealkylation sites (tertiary alicyclic amines) is 1. The van der Waals surface area contributed by atoms with Gasteiger partial charge in [0.05, 0.1) is 5.39 Å². The highest BCUT2D eigenvalue weighted by Crippen LogP contribution is 2.36. The number of amides is 1. The second-order valence-electron chi connectivity index (χ2n) is 8.51. The Bertz CT molecular complexity index is 1120. The van der Waals surface area contributed by atoms with E-state index >= 15 is 0 Å². The molecule has 3 aromatic rings. The van der Waals surface area contributed by atoms with Crippen LogP contribution in [0.4, 0.5) is 0 Å².